The molecule has 80 valence electrons. The van der Waals surface area contributed by atoms with Gasteiger partial charge in [0.05, 0.1) is 6.61 Å². The van der Waals surface area contributed by atoms with Crippen molar-refractivity contribution < 1.29 is 19.2 Å². The maximum atomic E-state index is 10.7. The van der Waals surface area contributed by atoms with E-state index in [0.717, 1.165) is 5.56 Å². The molecule has 1 atom stereocenters. The van der Waals surface area contributed by atoms with Gasteiger partial charge < -0.3 is 9.84 Å². The molecule has 0 bridgehead atoms. The zero-order valence-electron chi connectivity index (χ0n) is 8.21. The van der Waals surface area contributed by atoms with E-state index in [2.05, 4.69) is 0 Å². The van der Waals surface area contributed by atoms with Crippen molar-refractivity contribution in [3.8, 4) is 0 Å². The molecule has 5 heteroatoms. The van der Waals surface area contributed by atoms with Crippen molar-refractivity contribution >= 4 is 14.4 Å². The number of ether oxygens (including phenoxy) is 1. The van der Waals surface area contributed by atoms with Crippen molar-refractivity contribution in [3.05, 3.63) is 35.9 Å². The molecule has 0 aromatic heterocycles. The molecule has 0 aliphatic heterocycles. The molecule has 0 fully saturated rings. The summed E-state index contributed by atoms with van der Waals surface area (Å²) in [6, 6.07) is 9.12. The number of aliphatic carboxylic acids is 1. The monoisotopic (exact) mass is 226 g/mol. The molecule has 1 aromatic rings. The third kappa shape index (κ3) is 3.11. The molecule has 1 rings (SSSR count). The molecule has 1 N–H and O–H groups in total. The first-order valence-corrected chi connectivity index (χ1v) is 5.15. The van der Waals surface area contributed by atoms with Crippen LogP contribution in [0.5, 0.6) is 0 Å². The van der Waals surface area contributed by atoms with E-state index in [4.69, 9.17) is 9.84 Å². The average Bonchev–Trinajstić information content (AvgIpc) is 2.27. The van der Waals surface area contributed by atoms with Crippen LogP contribution in [-0.2, 0) is 20.7 Å². The summed E-state index contributed by atoms with van der Waals surface area (Å²) in [5.74, 6) is -1.24. The fraction of sp³-hybridized carbons (Fsp3) is 0.300. The van der Waals surface area contributed by atoms with Crippen molar-refractivity contribution in [3.63, 3.8) is 0 Å². The Morgan fingerprint density at radius 2 is 2.07 bits per heavy atom. The fourth-order valence-corrected chi connectivity index (χ4v) is 1.12. The lowest BCUT2D eigenvalue weighted by molar-refractivity contribution is -0.154. The highest BCUT2D eigenvalue weighted by Gasteiger charge is 2.35. The van der Waals surface area contributed by atoms with Gasteiger partial charge in [0.1, 0.15) is 0 Å². The van der Waals surface area contributed by atoms with Gasteiger partial charge in [-0.2, -0.15) is 0 Å². The summed E-state index contributed by atoms with van der Waals surface area (Å²) < 4.78 is 15.8. The molecule has 1 unspecified atom stereocenters. The molecule has 15 heavy (non-hydrogen) atoms. The predicted octanol–water partition coefficient (Wildman–Crippen LogP) is 2.30. The first-order chi connectivity index (χ1) is 7.08. The molecule has 0 spiro atoms. The maximum Gasteiger partial charge on any atom is 0.347 e. The summed E-state index contributed by atoms with van der Waals surface area (Å²) in [5.41, 5.74) is 0.841. The smallest absolute Gasteiger partial charge is 0.347 e. The van der Waals surface area contributed by atoms with Crippen LogP contribution >= 0.6 is 8.46 Å². The first kappa shape index (κ1) is 11.8. The number of carboxylic acids is 1. The summed E-state index contributed by atoms with van der Waals surface area (Å²) in [6.45, 7) is 1.39. The normalized spacial score (nSPS) is 14.7. The topological polar surface area (TPSA) is 63.6 Å². The lowest BCUT2D eigenvalue weighted by atomic mass is 10.2. The molecule has 0 heterocycles. The quantitative estimate of drug-likeness (QED) is 0.782. The molecular formula is C10H11O4P. The average molecular weight is 226 g/mol. The van der Waals surface area contributed by atoms with Crippen LogP contribution in [0.25, 0.3) is 0 Å². The van der Waals surface area contributed by atoms with E-state index >= 15 is 0 Å². The highest BCUT2D eigenvalue weighted by molar-refractivity contribution is 7.27. The highest BCUT2D eigenvalue weighted by Crippen LogP contribution is 2.25. The van der Waals surface area contributed by atoms with E-state index in [1.807, 2.05) is 30.3 Å². The van der Waals surface area contributed by atoms with Crippen molar-refractivity contribution in [1.82, 2.24) is 0 Å². The first-order valence-electron chi connectivity index (χ1n) is 4.34. The zero-order chi connectivity index (χ0) is 11.3. The molecule has 0 radical (unpaired) electrons. The minimum Gasteiger partial charge on any atom is -0.479 e. The number of carbonyl (C=O) groups is 1. The van der Waals surface area contributed by atoms with Crippen LogP contribution in [-0.4, -0.2) is 16.4 Å². The van der Waals surface area contributed by atoms with E-state index in [9.17, 15) is 9.36 Å². The Labute approximate surface area is 89.1 Å². The van der Waals surface area contributed by atoms with Gasteiger partial charge in [-0.25, -0.2) is 4.79 Å². The predicted molar refractivity (Wildman–Crippen MR) is 54.9 cm³/mol. The molecule has 0 saturated heterocycles. The van der Waals surface area contributed by atoms with Gasteiger partial charge in [0.2, 0.25) is 13.8 Å². The van der Waals surface area contributed by atoms with Crippen LogP contribution in [0.15, 0.2) is 30.3 Å². The molecule has 4 nitrogen and oxygen atoms in total. The minimum atomic E-state index is -1.67. The summed E-state index contributed by atoms with van der Waals surface area (Å²) in [6.07, 6.45) is 0. The molecule has 0 saturated carbocycles. The van der Waals surface area contributed by atoms with Gasteiger partial charge in [-0.3, -0.25) is 4.57 Å². The second-order valence-corrected chi connectivity index (χ2v) is 4.19. The van der Waals surface area contributed by atoms with Crippen LogP contribution in [0, 0.1) is 0 Å². The summed E-state index contributed by atoms with van der Waals surface area (Å²) in [5, 5.41) is 7.11. The van der Waals surface area contributed by atoms with Gasteiger partial charge in [0, 0.05) is 0 Å². The third-order valence-corrected chi connectivity index (χ3v) is 2.60. The Kier molecular flexibility index (Phi) is 3.95. The molecule has 0 amide bonds. The molecule has 1 aromatic carbocycles. The standard InChI is InChI=1S/C10H11O4P/c1-10(15-13,9(11)12)14-7-8-5-3-2-4-6-8/h2-6H,7H2,1H3,(H,11,12). The second kappa shape index (κ2) is 5.01. The summed E-state index contributed by atoms with van der Waals surface area (Å²) in [7, 11) is -0.555. The van der Waals surface area contributed by atoms with Crippen LogP contribution in [0.4, 0.5) is 0 Å². The van der Waals surface area contributed by atoms with Gasteiger partial charge in [-0.1, -0.05) is 30.3 Å². The van der Waals surface area contributed by atoms with Crippen molar-refractivity contribution in [2.24, 2.45) is 0 Å². The lowest BCUT2D eigenvalue weighted by Crippen LogP contribution is -2.31. The van der Waals surface area contributed by atoms with E-state index in [1.165, 1.54) is 6.92 Å². The fourth-order valence-electron chi connectivity index (χ4n) is 0.925. The van der Waals surface area contributed by atoms with Gasteiger partial charge >= 0.3 is 5.97 Å². The van der Waals surface area contributed by atoms with Crippen LogP contribution < -0.4 is 0 Å². The Bertz CT molecular complexity index is 352. The SMILES string of the molecule is CC(OCc1ccccc1)(P=O)C(=O)O. The lowest BCUT2D eigenvalue weighted by Gasteiger charge is -2.17. The van der Waals surface area contributed by atoms with Gasteiger partial charge in [0.25, 0.3) is 0 Å². The Hall–Kier alpha value is -1.25. The number of carboxylic acid groups (broad SMARTS) is 1. The third-order valence-electron chi connectivity index (χ3n) is 1.93. The van der Waals surface area contributed by atoms with Gasteiger partial charge in [0.15, 0.2) is 0 Å². The zero-order valence-corrected chi connectivity index (χ0v) is 9.11. The molecule has 0 aliphatic rings. The number of rotatable bonds is 5. The van der Waals surface area contributed by atoms with E-state index in [1.54, 1.807) is 0 Å². The van der Waals surface area contributed by atoms with Gasteiger partial charge in [-0.05, 0) is 12.5 Å². The van der Waals surface area contributed by atoms with Gasteiger partial charge in [-0.15, -0.1) is 0 Å². The van der Waals surface area contributed by atoms with E-state index in [-0.39, 0.29) is 6.61 Å². The number of hydrogen-bond acceptors (Lipinski definition) is 3. The van der Waals surface area contributed by atoms with Crippen molar-refractivity contribution in [1.29, 1.82) is 0 Å². The number of hydrogen-bond donors (Lipinski definition) is 1. The largest absolute Gasteiger partial charge is 0.479 e. The van der Waals surface area contributed by atoms with E-state index < -0.39 is 19.8 Å². The maximum absolute atomic E-state index is 10.7. The van der Waals surface area contributed by atoms with Crippen LogP contribution in [0.3, 0.4) is 0 Å². The molecular weight excluding hydrogens is 215 g/mol. The second-order valence-electron chi connectivity index (χ2n) is 3.15. The minimum absolute atomic E-state index is 0.124. The van der Waals surface area contributed by atoms with Crippen molar-refractivity contribution in [2.45, 2.75) is 18.9 Å². The van der Waals surface area contributed by atoms with Crippen molar-refractivity contribution in [2.75, 3.05) is 0 Å². The Balaban J connectivity index is 2.63. The van der Waals surface area contributed by atoms with Crippen LogP contribution in [0.1, 0.15) is 12.5 Å². The van der Waals surface area contributed by atoms with Crippen LogP contribution in [0.2, 0.25) is 0 Å². The Morgan fingerprint density at radius 3 is 2.53 bits per heavy atom. The highest BCUT2D eigenvalue weighted by atomic mass is 31.1. The van der Waals surface area contributed by atoms with E-state index in [0.29, 0.717) is 0 Å². The molecule has 0 aliphatic carbocycles. The Morgan fingerprint density at radius 1 is 1.47 bits per heavy atom. The number of benzene rings is 1. The summed E-state index contributed by atoms with van der Waals surface area (Å²) >= 11 is 0. The summed E-state index contributed by atoms with van der Waals surface area (Å²) in [4.78, 5) is 10.7.